The van der Waals surface area contributed by atoms with E-state index in [0.717, 1.165) is 0 Å². The van der Waals surface area contributed by atoms with Gasteiger partial charge >= 0.3 is 0 Å². The molecular weight excluding hydrogens is 312 g/mol. The maximum absolute atomic E-state index is 12.3. The second-order valence-corrected chi connectivity index (χ2v) is 3.79. The van der Waals surface area contributed by atoms with Crippen molar-refractivity contribution in [3.63, 3.8) is 0 Å². The molecule has 0 spiro atoms. The van der Waals surface area contributed by atoms with E-state index in [2.05, 4.69) is 4.98 Å². The molecule has 0 fully saturated rings. The Hall–Kier alpha value is -0.0100. The van der Waals surface area contributed by atoms with Crippen LogP contribution in [0.2, 0.25) is 5.02 Å². The van der Waals surface area contributed by atoms with Gasteiger partial charge < -0.3 is 5.73 Å². The van der Waals surface area contributed by atoms with Crippen LogP contribution in [0.1, 0.15) is 17.7 Å². The van der Waals surface area contributed by atoms with Crippen molar-refractivity contribution in [2.24, 2.45) is 5.73 Å². The van der Waals surface area contributed by atoms with Crippen LogP contribution in [0.25, 0.3) is 0 Å². The number of nitrogens with zero attached hydrogens (tertiary/aromatic N) is 1. The minimum Gasteiger partial charge on any atom is -0.326 e. The molecule has 0 saturated heterocycles. The number of hydrogen-bond donors (Lipinski definition) is 1. The van der Waals surface area contributed by atoms with Crippen LogP contribution in [0, 0.1) is 3.70 Å². The highest BCUT2D eigenvalue weighted by Crippen LogP contribution is 2.28. The summed E-state index contributed by atoms with van der Waals surface area (Å²) in [7, 11) is 0. The van der Waals surface area contributed by atoms with E-state index in [1.165, 1.54) is 0 Å². The van der Waals surface area contributed by atoms with E-state index in [-0.39, 0.29) is 11.6 Å². The van der Waals surface area contributed by atoms with Crippen molar-refractivity contribution >= 4 is 34.2 Å². The Kier molecular flexibility index (Phi) is 3.81. The first-order valence-corrected chi connectivity index (χ1v) is 4.85. The fraction of sp³-hybridized carbons (Fsp3) is 0.286. The first-order chi connectivity index (χ1) is 6.06. The molecule has 13 heavy (non-hydrogen) atoms. The molecule has 6 heteroatoms. The predicted octanol–water partition coefficient (Wildman–Crippen LogP) is 2.74. The van der Waals surface area contributed by atoms with Crippen LogP contribution in [0.3, 0.4) is 0 Å². The summed E-state index contributed by atoms with van der Waals surface area (Å²) in [6, 6.07) is 1.59. The fourth-order valence-electron chi connectivity index (χ4n) is 0.861. The van der Waals surface area contributed by atoms with E-state index < -0.39 is 12.1 Å². The van der Waals surface area contributed by atoms with Crippen molar-refractivity contribution in [2.75, 3.05) is 0 Å². The predicted molar refractivity (Wildman–Crippen MR) is 54.8 cm³/mol. The summed E-state index contributed by atoms with van der Waals surface area (Å²) in [5.41, 5.74) is 5.43. The molecule has 2 N–H and O–H groups in total. The topological polar surface area (TPSA) is 38.9 Å². The molecule has 72 valence electrons. The molecule has 1 aromatic heterocycles. The molecule has 0 unspecified atom stereocenters. The lowest BCUT2D eigenvalue weighted by Gasteiger charge is -2.07. The molecule has 0 aliphatic heterocycles. The molecule has 0 atom stereocenters. The van der Waals surface area contributed by atoms with E-state index in [1.807, 2.05) is 22.6 Å². The van der Waals surface area contributed by atoms with E-state index in [4.69, 9.17) is 17.3 Å². The Balaban J connectivity index is 3.27. The Bertz CT molecular complexity index is 320. The zero-order chi connectivity index (χ0) is 10.0. The quantitative estimate of drug-likeness (QED) is 0.673. The maximum Gasteiger partial charge on any atom is 0.281 e. The lowest BCUT2D eigenvalue weighted by molar-refractivity contribution is 0.146. The third kappa shape index (κ3) is 2.47. The largest absolute Gasteiger partial charge is 0.326 e. The van der Waals surface area contributed by atoms with Crippen LogP contribution < -0.4 is 5.73 Å². The molecule has 0 aliphatic rings. The summed E-state index contributed by atoms with van der Waals surface area (Å²) < 4.78 is 25.1. The lowest BCUT2D eigenvalue weighted by atomic mass is 10.2. The Labute approximate surface area is 92.6 Å². The molecule has 2 nitrogen and oxygen atoms in total. The average molecular weight is 318 g/mol. The van der Waals surface area contributed by atoms with Gasteiger partial charge in [-0.05, 0) is 34.2 Å². The molecule has 1 heterocycles. The molecule has 1 aromatic rings. The van der Waals surface area contributed by atoms with Crippen LogP contribution in [0.5, 0.6) is 0 Å². The van der Waals surface area contributed by atoms with Crippen molar-refractivity contribution in [2.45, 2.75) is 13.0 Å². The number of pyridine rings is 1. The van der Waals surface area contributed by atoms with Crippen molar-refractivity contribution < 1.29 is 8.78 Å². The van der Waals surface area contributed by atoms with Crippen LogP contribution in [0.4, 0.5) is 8.78 Å². The second kappa shape index (κ2) is 4.47. The Morgan fingerprint density at radius 2 is 2.23 bits per heavy atom. The van der Waals surface area contributed by atoms with Crippen LogP contribution in [-0.2, 0) is 6.54 Å². The summed E-state index contributed by atoms with van der Waals surface area (Å²) in [6.07, 6.45) is -2.66. The Morgan fingerprint density at radius 3 is 2.69 bits per heavy atom. The zero-order valence-corrected chi connectivity index (χ0v) is 9.31. The molecule has 0 amide bonds. The second-order valence-electron chi connectivity index (χ2n) is 2.31. The first kappa shape index (κ1) is 11.1. The van der Waals surface area contributed by atoms with Gasteiger partial charge in [-0.3, -0.25) is 0 Å². The minimum atomic E-state index is -2.66. The smallest absolute Gasteiger partial charge is 0.281 e. The van der Waals surface area contributed by atoms with Crippen LogP contribution >= 0.6 is 34.2 Å². The van der Waals surface area contributed by atoms with Gasteiger partial charge in [-0.2, -0.15) is 0 Å². The normalized spacial score (nSPS) is 10.9. The van der Waals surface area contributed by atoms with Crippen molar-refractivity contribution in [1.29, 1.82) is 0 Å². The van der Waals surface area contributed by atoms with Crippen molar-refractivity contribution in [1.82, 2.24) is 4.98 Å². The number of hydrogen-bond acceptors (Lipinski definition) is 2. The standard InChI is InChI=1S/C7H6ClF2IN2/c8-5-3(2-12)1-4(11)13-6(5)7(9)10/h1,7H,2,12H2. The zero-order valence-electron chi connectivity index (χ0n) is 6.40. The summed E-state index contributed by atoms with van der Waals surface area (Å²) >= 11 is 7.50. The minimum absolute atomic E-state index is 0.0297. The van der Waals surface area contributed by atoms with Gasteiger partial charge in [-0.25, -0.2) is 13.8 Å². The number of rotatable bonds is 2. The number of halogens is 4. The monoisotopic (exact) mass is 318 g/mol. The number of nitrogens with two attached hydrogens (primary N) is 1. The van der Waals surface area contributed by atoms with E-state index in [1.54, 1.807) is 6.07 Å². The summed E-state index contributed by atoms with van der Waals surface area (Å²) in [4.78, 5) is 3.63. The van der Waals surface area contributed by atoms with E-state index in [9.17, 15) is 8.78 Å². The molecule has 0 radical (unpaired) electrons. The van der Waals surface area contributed by atoms with Crippen molar-refractivity contribution in [3.05, 3.63) is 26.0 Å². The summed E-state index contributed by atoms with van der Waals surface area (Å²) in [5, 5.41) is -0.0297. The average Bonchev–Trinajstić information content (AvgIpc) is 2.08. The maximum atomic E-state index is 12.3. The number of aromatic nitrogens is 1. The van der Waals surface area contributed by atoms with Gasteiger partial charge in [0.05, 0.1) is 5.02 Å². The van der Waals surface area contributed by atoms with Gasteiger partial charge in [-0.15, -0.1) is 0 Å². The van der Waals surface area contributed by atoms with E-state index in [0.29, 0.717) is 9.26 Å². The highest BCUT2D eigenvalue weighted by Gasteiger charge is 2.17. The van der Waals surface area contributed by atoms with Crippen molar-refractivity contribution in [3.8, 4) is 0 Å². The third-order valence-corrected chi connectivity index (χ3v) is 2.44. The molecular formula is C7H6ClF2IN2. The van der Waals surface area contributed by atoms with Gasteiger partial charge in [0.1, 0.15) is 9.39 Å². The van der Waals surface area contributed by atoms with Gasteiger partial charge in [0, 0.05) is 6.54 Å². The first-order valence-electron chi connectivity index (χ1n) is 3.39. The fourth-order valence-corrected chi connectivity index (χ4v) is 1.75. The van der Waals surface area contributed by atoms with Gasteiger partial charge in [0.25, 0.3) is 6.43 Å². The highest BCUT2D eigenvalue weighted by atomic mass is 127. The summed E-state index contributed by atoms with van der Waals surface area (Å²) in [6.45, 7) is 0.136. The summed E-state index contributed by atoms with van der Waals surface area (Å²) in [5.74, 6) is 0. The van der Waals surface area contributed by atoms with Gasteiger partial charge in [0.15, 0.2) is 0 Å². The van der Waals surface area contributed by atoms with Crippen LogP contribution in [-0.4, -0.2) is 4.98 Å². The molecule has 0 aliphatic carbocycles. The van der Waals surface area contributed by atoms with Gasteiger partial charge in [-0.1, -0.05) is 11.6 Å². The molecule has 0 aromatic carbocycles. The van der Waals surface area contributed by atoms with Crippen LogP contribution in [0.15, 0.2) is 6.07 Å². The molecule has 0 saturated carbocycles. The van der Waals surface area contributed by atoms with E-state index >= 15 is 0 Å². The highest BCUT2D eigenvalue weighted by molar-refractivity contribution is 14.1. The molecule has 1 rings (SSSR count). The SMILES string of the molecule is NCc1cc(I)nc(C(F)F)c1Cl. The lowest BCUT2D eigenvalue weighted by Crippen LogP contribution is -2.03. The van der Waals surface area contributed by atoms with Gasteiger partial charge in [0.2, 0.25) is 0 Å². The third-order valence-electron chi connectivity index (χ3n) is 1.45. The number of alkyl halides is 2. The Morgan fingerprint density at radius 1 is 1.62 bits per heavy atom. The molecule has 0 bridgehead atoms.